The SMILES string of the molecule is CCNC(=NCCCCN1C(=O)c2ccccc2C1=O)N1CCC(C(=O)OCC)CC1. The number of carbonyl (C=O) groups is 3. The molecule has 2 aliphatic heterocycles. The first-order valence-corrected chi connectivity index (χ1v) is 11.2. The van der Waals surface area contributed by atoms with Crippen molar-refractivity contribution >= 4 is 23.7 Å². The van der Waals surface area contributed by atoms with Crippen LogP contribution in [-0.2, 0) is 9.53 Å². The van der Waals surface area contributed by atoms with Gasteiger partial charge in [0.15, 0.2) is 5.96 Å². The lowest BCUT2D eigenvalue weighted by Crippen LogP contribution is -2.46. The highest BCUT2D eigenvalue weighted by Gasteiger charge is 2.34. The average Bonchev–Trinajstić information content (AvgIpc) is 3.03. The van der Waals surface area contributed by atoms with Crippen LogP contribution in [0, 0.1) is 5.92 Å². The molecule has 0 spiro atoms. The smallest absolute Gasteiger partial charge is 0.309 e. The van der Waals surface area contributed by atoms with Crippen LogP contribution in [-0.4, -0.2) is 72.9 Å². The molecule has 0 aliphatic carbocycles. The van der Waals surface area contributed by atoms with Crippen LogP contribution in [0.5, 0.6) is 0 Å². The van der Waals surface area contributed by atoms with Gasteiger partial charge in [-0.3, -0.25) is 24.3 Å². The minimum Gasteiger partial charge on any atom is -0.466 e. The summed E-state index contributed by atoms with van der Waals surface area (Å²) < 4.78 is 5.14. The number of aliphatic imine (C=N–C) groups is 1. The summed E-state index contributed by atoms with van der Waals surface area (Å²) in [5.41, 5.74) is 0.984. The van der Waals surface area contributed by atoms with E-state index < -0.39 is 0 Å². The maximum Gasteiger partial charge on any atom is 0.309 e. The fourth-order valence-electron chi connectivity index (χ4n) is 4.02. The highest BCUT2D eigenvalue weighted by Crippen LogP contribution is 2.23. The third-order valence-corrected chi connectivity index (χ3v) is 5.68. The number of rotatable bonds is 8. The van der Waals surface area contributed by atoms with E-state index in [4.69, 9.17) is 9.73 Å². The van der Waals surface area contributed by atoms with E-state index in [9.17, 15) is 14.4 Å². The molecule has 31 heavy (non-hydrogen) atoms. The summed E-state index contributed by atoms with van der Waals surface area (Å²) in [5, 5.41) is 3.32. The maximum atomic E-state index is 12.4. The van der Waals surface area contributed by atoms with Gasteiger partial charge < -0.3 is 15.0 Å². The molecule has 168 valence electrons. The molecular weight excluding hydrogens is 396 g/mol. The summed E-state index contributed by atoms with van der Waals surface area (Å²) in [4.78, 5) is 45.0. The van der Waals surface area contributed by atoms with Crippen LogP contribution in [0.4, 0.5) is 0 Å². The molecule has 1 fully saturated rings. The molecule has 8 heteroatoms. The van der Waals surface area contributed by atoms with Crippen LogP contribution in [0.1, 0.15) is 60.2 Å². The summed E-state index contributed by atoms with van der Waals surface area (Å²) >= 11 is 0. The Bertz CT molecular complexity index is 796. The number of imide groups is 1. The Labute approximate surface area is 183 Å². The van der Waals surface area contributed by atoms with Crippen LogP contribution >= 0.6 is 0 Å². The number of ether oxygens (including phenoxy) is 1. The van der Waals surface area contributed by atoms with Crippen molar-refractivity contribution in [1.29, 1.82) is 0 Å². The highest BCUT2D eigenvalue weighted by molar-refractivity contribution is 6.21. The van der Waals surface area contributed by atoms with Crippen molar-refractivity contribution < 1.29 is 19.1 Å². The van der Waals surface area contributed by atoms with Crippen molar-refractivity contribution in [3.05, 3.63) is 35.4 Å². The van der Waals surface area contributed by atoms with E-state index in [1.807, 2.05) is 13.8 Å². The van der Waals surface area contributed by atoms with Crippen LogP contribution < -0.4 is 5.32 Å². The Kier molecular flexibility index (Phi) is 8.03. The van der Waals surface area contributed by atoms with Gasteiger partial charge in [0, 0.05) is 32.7 Å². The number of guanidine groups is 1. The molecule has 2 aliphatic rings. The lowest BCUT2D eigenvalue weighted by molar-refractivity contribution is -0.149. The first-order chi connectivity index (χ1) is 15.1. The molecule has 0 aromatic heterocycles. The summed E-state index contributed by atoms with van der Waals surface area (Å²) in [6.45, 7) is 7.61. The van der Waals surface area contributed by atoms with Crippen molar-refractivity contribution in [2.75, 3.05) is 39.3 Å². The van der Waals surface area contributed by atoms with Crippen molar-refractivity contribution in [3.63, 3.8) is 0 Å². The van der Waals surface area contributed by atoms with E-state index >= 15 is 0 Å². The minimum absolute atomic E-state index is 0.0289. The number of hydrogen-bond acceptors (Lipinski definition) is 5. The molecule has 1 aromatic rings. The standard InChI is InChI=1S/C23H32N4O4/c1-3-24-23(26-15-11-17(12-16-26)22(30)31-4-2)25-13-7-8-14-27-20(28)18-9-5-6-10-19(18)21(27)29/h5-6,9-10,17H,3-4,7-8,11-16H2,1-2H3,(H,24,25). The number of fused-ring (bicyclic) bond motifs is 1. The predicted molar refractivity (Wildman–Crippen MR) is 118 cm³/mol. The maximum absolute atomic E-state index is 12.4. The van der Waals surface area contributed by atoms with Crippen LogP contribution in [0.2, 0.25) is 0 Å². The average molecular weight is 429 g/mol. The Morgan fingerprint density at radius 3 is 2.32 bits per heavy atom. The Balaban J connectivity index is 1.45. The Morgan fingerprint density at radius 2 is 1.74 bits per heavy atom. The molecular formula is C23H32N4O4. The number of nitrogens with one attached hydrogen (secondary N) is 1. The van der Waals surface area contributed by atoms with Gasteiger partial charge in [0.25, 0.3) is 11.8 Å². The van der Waals surface area contributed by atoms with Gasteiger partial charge in [0.2, 0.25) is 0 Å². The molecule has 8 nitrogen and oxygen atoms in total. The van der Waals surface area contributed by atoms with E-state index in [-0.39, 0.29) is 23.7 Å². The fraction of sp³-hybridized carbons (Fsp3) is 0.565. The van der Waals surface area contributed by atoms with E-state index in [1.54, 1.807) is 24.3 Å². The zero-order valence-corrected chi connectivity index (χ0v) is 18.4. The number of unbranched alkanes of at least 4 members (excludes halogenated alkanes) is 1. The summed E-state index contributed by atoms with van der Waals surface area (Å²) in [5.74, 6) is 0.311. The Hall–Kier alpha value is -2.90. The largest absolute Gasteiger partial charge is 0.466 e. The van der Waals surface area contributed by atoms with E-state index in [0.29, 0.717) is 37.2 Å². The lowest BCUT2D eigenvalue weighted by atomic mass is 9.97. The summed E-state index contributed by atoms with van der Waals surface area (Å²) in [6, 6.07) is 6.96. The van der Waals surface area contributed by atoms with Gasteiger partial charge in [-0.1, -0.05) is 12.1 Å². The first-order valence-electron chi connectivity index (χ1n) is 11.2. The van der Waals surface area contributed by atoms with Gasteiger partial charge in [0.05, 0.1) is 23.7 Å². The summed E-state index contributed by atoms with van der Waals surface area (Å²) in [7, 11) is 0. The minimum atomic E-state index is -0.207. The lowest BCUT2D eigenvalue weighted by Gasteiger charge is -2.33. The van der Waals surface area contributed by atoms with Crippen LogP contribution in [0.3, 0.4) is 0 Å². The van der Waals surface area contributed by atoms with Gasteiger partial charge in [0.1, 0.15) is 0 Å². The van der Waals surface area contributed by atoms with Crippen molar-refractivity contribution in [3.8, 4) is 0 Å². The molecule has 2 heterocycles. The van der Waals surface area contributed by atoms with Crippen molar-refractivity contribution in [2.24, 2.45) is 10.9 Å². The molecule has 1 aromatic carbocycles. The highest BCUT2D eigenvalue weighted by atomic mass is 16.5. The van der Waals surface area contributed by atoms with E-state index in [2.05, 4.69) is 10.2 Å². The molecule has 1 N–H and O–H groups in total. The van der Waals surface area contributed by atoms with Gasteiger partial charge in [-0.25, -0.2) is 0 Å². The molecule has 0 atom stereocenters. The number of benzene rings is 1. The molecule has 3 rings (SSSR count). The monoisotopic (exact) mass is 428 g/mol. The second kappa shape index (κ2) is 10.9. The number of amides is 2. The molecule has 0 unspecified atom stereocenters. The van der Waals surface area contributed by atoms with Gasteiger partial charge in [-0.2, -0.15) is 0 Å². The number of likely N-dealkylation sites (tertiary alicyclic amines) is 1. The number of carbonyl (C=O) groups excluding carboxylic acids is 3. The Morgan fingerprint density at radius 1 is 1.10 bits per heavy atom. The van der Waals surface area contributed by atoms with Crippen molar-refractivity contribution in [2.45, 2.75) is 39.5 Å². The topological polar surface area (TPSA) is 91.3 Å². The van der Waals surface area contributed by atoms with Crippen LogP contribution in [0.15, 0.2) is 29.3 Å². The first kappa shape index (κ1) is 22.8. The van der Waals surface area contributed by atoms with Gasteiger partial charge >= 0.3 is 5.97 Å². The zero-order chi connectivity index (χ0) is 22.2. The van der Waals surface area contributed by atoms with E-state index in [0.717, 1.165) is 44.9 Å². The second-order valence-corrected chi connectivity index (χ2v) is 7.76. The third kappa shape index (κ3) is 5.42. The number of nitrogens with zero attached hydrogens (tertiary/aromatic N) is 3. The number of hydrogen-bond donors (Lipinski definition) is 1. The third-order valence-electron chi connectivity index (χ3n) is 5.68. The summed E-state index contributed by atoms with van der Waals surface area (Å²) in [6.07, 6.45) is 3.02. The van der Waals surface area contributed by atoms with Gasteiger partial charge in [-0.05, 0) is 51.7 Å². The fourth-order valence-corrected chi connectivity index (χ4v) is 4.02. The van der Waals surface area contributed by atoms with Crippen molar-refractivity contribution in [1.82, 2.24) is 15.1 Å². The molecule has 0 bridgehead atoms. The second-order valence-electron chi connectivity index (χ2n) is 7.76. The number of esters is 1. The van der Waals surface area contributed by atoms with E-state index in [1.165, 1.54) is 4.90 Å². The predicted octanol–water partition coefficient (Wildman–Crippen LogP) is 2.30. The zero-order valence-electron chi connectivity index (χ0n) is 18.4. The molecule has 0 saturated carbocycles. The quantitative estimate of drug-likeness (QED) is 0.225. The number of piperidine rings is 1. The molecule has 2 amide bonds. The van der Waals surface area contributed by atoms with Gasteiger partial charge in [-0.15, -0.1) is 0 Å². The van der Waals surface area contributed by atoms with Crippen LogP contribution in [0.25, 0.3) is 0 Å². The molecule has 0 radical (unpaired) electrons. The molecule has 1 saturated heterocycles. The normalized spacial score (nSPS) is 17.2.